The highest BCUT2D eigenvalue weighted by molar-refractivity contribution is 6.28. The SMILES string of the molecule is C=CCN(CC(=O)CCl)C(=O)OCc1ccccc1. The van der Waals surface area contributed by atoms with Gasteiger partial charge in [-0.2, -0.15) is 0 Å². The number of rotatable bonds is 7. The molecule has 0 atom stereocenters. The monoisotopic (exact) mass is 281 g/mol. The third kappa shape index (κ3) is 5.57. The lowest BCUT2D eigenvalue weighted by molar-refractivity contribution is -0.117. The van der Waals surface area contributed by atoms with E-state index in [1.165, 1.54) is 11.0 Å². The molecule has 0 N–H and O–H groups in total. The smallest absolute Gasteiger partial charge is 0.410 e. The lowest BCUT2D eigenvalue weighted by Gasteiger charge is -2.19. The van der Waals surface area contributed by atoms with Crippen LogP contribution in [-0.4, -0.2) is 35.7 Å². The van der Waals surface area contributed by atoms with Crippen molar-refractivity contribution >= 4 is 23.5 Å². The maximum absolute atomic E-state index is 11.8. The second-order valence-corrected chi connectivity index (χ2v) is 4.15. The van der Waals surface area contributed by atoms with E-state index < -0.39 is 6.09 Å². The van der Waals surface area contributed by atoms with Crippen LogP contribution in [0.25, 0.3) is 0 Å². The van der Waals surface area contributed by atoms with Crippen molar-refractivity contribution in [2.75, 3.05) is 19.0 Å². The van der Waals surface area contributed by atoms with Crippen LogP contribution in [0, 0.1) is 0 Å². The van der Waals surface area contributed by atoms with Crippen molar-refractivity contribution in [3.63, 3.8) is 0 Å². The van der Waals surface area contributed by atoms with Gasteiger partial charge in [-0.3, -0.25) is 9.69 Å². The third-order valence-corrected chi connectivity index (χ3v) is 2.63. The second kappa shape index (κ2) is 8.32. The molecule has 102 valence electrons. The Hall–Kier alpha value is -1.81. The Labute approximate surface area is 117 Å². The molecule has 5 heteroatoms. The number of hydrogen-bond donors (Lipinski definition) is 0. The summed E-state index contributed by atoms with van der Waals surface area (Å²) < 4.78 is 5.13. The number of hydrogen-bond acceptors (Lipinski definition) is 3. The normalized spacial score (nSPS) is 9.74. The first-order chi connectivity index (χ1) is 9.17. The first-order valence-electron chi connectivity index (χ1n) is 5.81. The van der Waals surface area contributed by atoms with Gasteiger partial charge in [-0.25, -0.2) is 4.79 Å². The molecule has 0 bridgehead atoms. The fraction of sp³-hybridized carbons (Fsp3) is 0.286. The molecule has 0 heterocycles. The number of carbonyl (C=O) groups is 2. The zero-order chi connectivity index (χ0) is 14.1. The van der Waals surface area contributed by atoms with E-state index in [-0.39, 0.29) is 31.4 Å². The third-order valence-electron chi connectivity index (χ3n) is 2.33. The van der Waals surface area contributed by atoms with Gasteiger partial charge in [0.25, 0.3) is 0 Å². The fourth-order valence-corrected chi connectivity index (χ4v) is 1.51. The van der Waals surface area contributed by atoms with Gasteiger partial charge in [0.05, 0.1) is 12.4 Å². The summed E-state index contributed by atoms with van der Waals surface area (Å²) in [6.45, 7) is 3.89. The summed E-state index contributed by atoms with van der Waals surface area (Å²) in [5, 5.41) is 0. The van der Waals surface area contributed by atoms with Gasteiger partial charge in [0.1, 0.15) is 6.61 Å². The van der Waals surface area contributed by atoms with Crippen molar-refractivity contribution in [2.24, 2.45) is 0 Å². The van der Waals surface area contributed by atoms with Crippen LogP contribution < -0.4 is 0 Å². The minimum atomic E-state index is -0.554. The van der Waals surface area contributed by atoms with E-state index in [1.807, 2.05) is 30.3 Å². The Kier molecular flexibility index (Phi) is 6.68. The number of ether oxygens (including phenoxy) is 1. The quantitative estimate of drug-likeness (QED) is 0.570. The van der Waals surface area contributed by atoms with Gasteiger partial charge >= 0.3 is 6.09 Å². The van der Waals surface area contributed by atoms with E-state index >= 15 is 0 Å². The number of amides is 1. The Morgan fingerprint density at radius 2 is 2.00 bits per heavy atom. The minimum absolute atomic E-state index is 0.0663. The Bertz CT molecular complexity index is 434. The summed E-state index contributed by atoms with van der Waals surface area (Å²) in [5.74, 6) is -0.361. The van der Waals surface area contributed by atoms with E-state index in [9.17, 15) is 9.59 Å². The van der Waals surface area contributed by atoms with Gasteiger partial charge in [-0.05, 0) is 5.56 Å². The molecule has 0 spiro atoms. The summed E-state index contributed by atoms with van der Waals surface area (Å²) in [7, 11) is 0. The van der Waals surface area contributed by atoms with Gasteiger partial charge in [0.2, 0.25) is 0 Å². The molecule has 0 fully saturated rings. The number of nitrogens with zero attached hydrogens (tertiary/aromatic N) is 1. The van der Waals surface area contributed by atoms with E-state index in [1.54, 1.807) is 0 Å². The molecular formula is C14H16ClNO3. The van der Waals surface area contributed by atoms with Crippen LogP contribution in [0.3, 0.4) is 0 Å². The molecule has 0 aliphatic heterocycles. The molecule has 0 aliphatic rings. The predicted molar refractivity (Wildman–Crippen MR) is 74.1 cm³/mol. The van der Waals surface area contributed by atoms with Crippen molar-refractivity contribution in [3.8, 4) is 0 Å². The second-order valence-electron chi connectivity index (χ2n) is 3.88. The summed E-state index contributed by atoms with van der Waals surface area (Å²) in [4.78, 5) is 24.3. The molecule has 1 amide bonds. The maximum atomic E-state index is 11.8. The number of benzene rings is 1. The van der Waals surface area contributed by atoms with Crippen molar-refractivity contribution in [1.29, 1.82) is 0 Å². The van der Waals surface area contributed by atoms with Crippen LogP contribution in [0.4, 0.5) is 4.79 Å². The molecule has 1 aromatic carbocycles. The van der Waals surface area contributed by atoms with Gasteiger partial charge in [-0.15, -0.1) is 18.2 Å². The summed E-state index contributed by atoms with van der Waals surface area (Å²) in [5.41, 5.74) is 0.887. The van der Waals surface area contributed by atoms with Crippen LogP contribution in [0.2, 0.25) is 0 Å². The maximum Gasteiger partial charge on any atom is 0.410 e. The van der Waals surface area contributed by atoms with Gasteiger partial charge in [0.15, 0.2) is 5.78 Å². The minimum Gasteiger partial charge on any atom is -0.445 e. The number of halogens is 1. The first-order valence-corrected chi connectivity index (χ1v) is 6.35. The number of ketones is 1. The molecule has 0 aromatic heterocycles. The first kappa shape index (κ1) is 15.2. The molecule has 0 aliphatic carbocycles. The summed E-state index contributed by atoms with van der Waals surface area (Å²) >= 11 is 5.42. The average molecular weight is 282 g/mol. The number of Topliss-reactive ketones (excluding diaryl/α,β-unsaturated/α-hetero) is 1. The Balaban J connectivity index is 2.52. The van der Waals surface area contributed by atoms with Crippen molar-refractivity contribution in [2.45, 2.75) is 6.61 Å². The Morgan fingerprint density at radius 3 is 2.58 bits per heavy atom. The fourth-order valence-electron chi connectivity index (χ4n) is 1.43. The molecule has 4 nitrogen and oxygen atoms in total. The zero-order valence-corrected chi connectivity index (χ0v) is 11.3. The van der Waals surface area contributed by atoms with E-state index in [0.29, 0.717) is 0 Å². The lowest BCUT2D eigenvalue weighted by Crippen LogP contribution is -2.36. The van der Waals surface area contributed by atoms with Crippen LogP contribution in [0.1, 0.15) is 5.56 Å². The molecule has 0 radical (unpaired) electrons. The van der Waals surface area contributed by atoms with Crippen molar-refractivity contribution < 1.29 is 14.3 Å². The molecule has 1 aromatic rings. The molecule has 1 rings (SSSR count). The topological polar surface area (TPSA) is 46.6 Å². The predicted octanol–water partition coefficient (Wildman–Crippen LogP) is 2.62. The van der Waals surface area contributed by atoms with Crippen molar-refractivity contribution in [3.05, 3.63) is 48.6 Å². The molecule has 0 saturated carbocycles. The van der Waals surface area contributed by atoms with Crippen LogP contribution >= 0.6 is 11.6 Å². The highest BCUT2D eigenvalue weighted by Gasteiger charge is 2.16. The average Bonchev–Trinajstić information content (AvgIpc) is 2.45. The molecule has 0 saturated heterocycles. The van der Waals surface area contributed by atoms with Gasteiger partial charge in [0, 0.05) is 6.54 Å². The molecular weight excluding hydrogens is 266 g/mol. The Morgan fingerprint density at radius 1 is 1.32 bits per heavy atom. The van der Waals surface area contributed by atoms with Gasteiger partial charge < -0.3 is 4.74 Å². The highest BCUT2D eigenvalue weighted by Crippen LogP contribution is 2.03. The van der Waals surface area contributed by atoms with Crippen molar-refractivity contribution in [1.82, 2.24) is 4.90 Å². The lowest BCUT2D eigenvalue weighted by atomic mass is 10.2. The highest BCUT2D eigenvalue weighted by atomic mass is 35.5. The molecule has 0 unspecified atom stereocenters. The van der Waals surface area contributed by atoms with E-state index in [4.69, 9.17) is 16.3 Å². The summed E-state index contributed by atoms with van der Waals surface area (Å²) in [6.07, 6.45) is 0.980. The standard InChI is InChI=1S/C14H16ClNO3/c1-2-8-16(10-13(17)9-15)14(18)19-11-12-6-4-3-5-7-12/h2-7H,1,8-11H2. The van der Waals surface area contributed by atoms with Gasteiger partial charge in [-0.1, -0.05) is 36.4 Å². The van der Waals surface area contributed by atoms with Crippen LogP contribution in [-0.2, 0) is 16.1 Å². The molecule has 19 heavy (non-hydrogen) atoms. The number of carbonyl (C=O) groups excluding carboxylic acids is 2. The summed E-state index contributed by atoms with van der Waals surface area (Å²) in [6, 6.07) is 9.32. The van der Waals surface area contributed by atoms with E-state index in [2.05, 4.69) is 6.58 Å². The number of alkyl halides is 1. The van der Waals surface area contributed by atoms with E-state index in [0.717, 1.165) is 5.56 Å². The van der Waals surface area contributed by atoms with Crippen LogP contribution in [0.15, 0.2) is 43.0 Å². The largest absolute Gasteiger partial charge is 0.445 e. The zero-order valence-electron chi connectivity index (χ0n) is 10.5. The van der Waals surface area contributed by atoms with Crippen LogP contribution in [0.5, 0.6) is 0 Å².